The van der Waals surface area contributed by atoms with E-state index in [1.54, 1.807) is 0 Å². The van der Waals surface area contributed by atoms with Gasteiger partial charge in [0.2, 0.25) is 0 Å². The zero-order valence-corrected chi connectivity index (χ0v) is 9.60. The van der Waals surface area contributed by atoms with E-state index in [2.05, 4.69) is 4.90 Å². The molecule has 0 aromatic rings. The number of aliphatic carboxylic acids is 1. The van der Waals surface area contributed by atoms with Crippen LogP contribution >= 0.6 is 0 Å². The molecule has 1 aliphatic heterocycles. The Morgan fingerprint density at radius 1 is 1.44 bits per heavy atom. The van der Waals surface area contributed by atoms with Gasteiger partial charge in [-0.15, -0.1) is 0 Å². The fraction of sp³-hybridized carbons (Fsp3) is 0.909. The number of piperidine rings is 1. The van der Waals surface area contributed by atoms with Gasteiger partial charge in [-0.05, 0) is 25.3 Å². The minimum atomic E-state index is -0.705. The van der Waals surface area contributed by atoms with E-state index in [0.29, 0.717) is 13.2 Å². The van der Waals surface area contributed by atoms with Gasteiger partial charge < -0.3 is 19.8 Å². The Morgan fingerprint density at radius 2 is 2.25 bits per heavy atom. The molecule has 1 fully saturated rings. The largest absolute Gasteiger partial charge is 0.481 e. The smallest absolute Gasteiger partial charge is 0.303 e. The summed E-state index contributed by atoms with van der Waals surface area (Å²) in [7, 11) is 0. The van der Waals surface area contributed by atoms with E-state index in [1.807, 2.05) is 0 Å². The van der Waals surface area contributed by atoms with E-state index in [0.717, 1.165) is 32.5 Å². The van der Waals surface area contributed by atoms with Gasteiger partial charge in [0, 0.05) is 19.5 Å². The zero-order valence-electron chi connectivity index (χ0n) is 9.60. The van der Waals surface area contributed by atoms with E-state index in [1.165, 1.54) is 0 Å². The highest BCUT2D eigenvalue weighted by molar-refractivity contribution is 5.67. The van der Waals surface area contributed by atoms with Crippen molar-refractivity contribution in [2.45, 2.75) is 19.3 Å². The van der Waals surface area contributed by atoms with Gasteiger partial charge >= 0.3 is 5.97 Å². The molecular weight excluding hydrogens is 210 g/mol. The number of likely N-dealkylation sites (tertiary alicyclic amines) is 1. The lowest BCUT2D eigenvalue weighted by molar-refractivity contribution is -0.138. The fourth-order valence-corrected chi connectivity index (χ4v) is 2.13. The molecule has 1 atom stereocenters. The Kier molecular flexibility index (Phi) is 6.37. The Labute approximate surface area is 96.0 Å². The van der Waals surface area contributed by atoms with E-state index < -0.39 is 5.97 Å². The second-order valence-corrected chi connectivity index (χ2v) is 4.24. The maximum atomic E-state index is 10.6. The number of carboxylic acid groups (broad SMARTS) is 1. The summed E-state index contributed by atoms with van der Waals surface area (Å²) in [5.41, 5.74) is 0. The first kappa shape index (κ1) is 13.4. The third kappa shape index (κ3) is 5.44. The predicted octanol–water partition coefficient (Wildman–Crippen LogP) is 0.182. The quantitative estimate of drug-likeness (QED) is 0.612. The molecular formula is C11H21NO4. The van der Waals surface area contributed by atoms with Crippen LogP contribution in [-0.4, -0.2) is 60.5 Å². The van der Waals surface area contributed by atoms with Crippen LogP contribution in [0, 0.1) is 5.92 Å². The summed E-state index contributed by atoms with van der Waals surface area (Å²) in [6.45, 7) is 3.76. The molecule has 0 aromatic heterocycles. The van der Waals surface area contributed by atoms with Crippen molar-refractivity contribution < 1.29 is 19.7 Å². The van der Waals surface area contributed by atoms with Gasteiger partial charge in [0.25, 0.3) is 0 Å². The summed E-state index contributed by atoms with van der Waals surface area (Å²) in [4.78, 5) is 12.8. The highest BCUT2D eigenvalue weighted by Crippen LogP contribution is 2.19. The second-order valence-electron chi connectivity index (χ2n) is 4.24. The van der Waals surface area contributed by atoms with Crippen molar-refractivity contribution in [2.75, 3.05) is 39.5 Å². The molecule has 1 heterocycles. The first-order valence-electron chi connectivity index (χ1n) is 5.85. The van der Waals surface area contributed by atoms with Crippen molar-refractivity contribution in [3.05, 3.63) is 0 Å². The van der Waals surface area contributed by atoms with Crippen LogP contribution in [-0.2, 0) is 9.53 Å². The Balaban J connectivity index is 2.14. The molecule has 0 radical (unpaired) electrons. The van der Waals surface area contributed by atoms with Crippen LogP contribution in [0.2, 0.25) is 0 Å². The summed E-state index contributed by atoms with van der Waals surface area (Å²) >= 11 is 0. The molecule has 0 amide bonds. The summed E-state index contributed by atoms with van der Waals surface area (Å²) in [5, 5.41) is 17.3. The Morgan fingerprint density at radius 3 is 2.94 bits per heavy atom. The highest BCUT2D eigenvalue weighted by Gasteiger charge is 2.21. The van der Waals surface area contributed by atoms with E-state index in [-0.39, 0.29) is 18.9 Å². The van der Waals surface area contributed by atoms with E-state index >= 15 is 0 Å². The molecule has 0 aliphatic carbocycles. The molecule has 16 heavy (non-hydrogen) atoms. The van der Waals surface area contributed by atoms with Gasteiger partial charge in [0.1, 0.15) is 0 Å². The van der Waals surface area contributed by atoms with Crippen LogP contribution in [0.1, 0.15) is 19.3 Å². The molecule has 0 saturated carbocycles. The van der Waals surface area contributed by atoms with Crippen LogP contribution in [0.25, 0.3) is 0 Å². The minimum absolute atomic E-state index is 0.0572. The highest BCUT2D eigenvalue weighted by atomic mass is 16.5. The lowest BCUT2D eigenvalue weighted by Gasteiger charge is -2.31. The number of carbonyl (C=O) groups is 1. The van der Waals surface area contributed by atoms with Crippen LogP contribution in [0.3, 0.4) is 0 Å². The first-order chi connectivity index (χ1) is 7.72. The minimum Gasteiger partial charge on any atom is -0.481 e. The molecule has 2 N–H and O–H groups in total. The van der Waals surface area contributed by atoms with Crippen molar-refractivity contribution in [3.63, 3.8) is 0 Å². The summed E-state index contributed by atoms with van der Waals surface area (Å²) in [6.07, 6.45) is 2.35. The van der Waals surface area contributed by atoms with E-state index in [9.17, 15) is 4.79 Å². The number of ether oxygens (including phenoxy) is 1. The number of aliphatic hydroxyl groups excluding tert-OH is 1. The van der Waals surface area contributed by atoms with Crippen molar-refractivity contribution in [1.82, 2.24) is 4.90 Å². The molecule has 94 valence electrons. The normalized spacial score (nSPS) is 22.2. The van der Waals surface area contributed by atoms with Gasteiger partial charge in [-0.1, -0.05) is 0 Å². The standard InChI is InChI=1S/C11H21NO4/c13-5-7-16-6-4-12-3-1-2-10(9-12)8-11(14)15/h10,13H,1-9H2,(H,14,15). The van der Waals surface area contributed by atoms with Gasteiger partial charge in [0.15, 0.2) is 0 Å². The van der Waals surface area contributed by atoms with Crippen LogP contribution in [0.4, 0.5) is 0 Å². The maximum absolute atomic E-state index is 10.6. The molecule has 1 aliphatic rings. The summed E-state index contributed by atoms with van der Waals surface area (Å²) < 4.78 is 5.19. The SMILES string of the molecule is O=C(O)CC1CCCN(CCOCCO)C1. The number of nitrogens with zero attached hydrogens (tertiary/aromatic N) is 1. The average Bonchev–Trinajstić information content (AvgIpc) is 2.24. The zero-order chi connectivity index (χ0) is 11.8. The van der Waals surface area contributed by atoms with Crippen molar-refractivity contribution in [3.8, 4) is 0 Å². The molecule has 5 heteroatoms. The van der Waals surface area contributed by atoms with Crippen molar-refractivity contribution >= 4 is 5.97 Å². The topological polar surface area (TPSA) is 70.0 Å². The first-order valence-corrected chi connectivity index (χ1v) is 5.85. The third-order valence-electron chi connectivity index (χ3n) is 2.85. The number of hydrogen-bond acceptors (Lipinski definition) is 4. The lowest BCUT2D eigenvalue weighted by atomic mass is 9.95. The molecule has 5 nitrogen and oxygen atoms in total. The maximum Gasteiger partial charge on any atom is 0.303 e. The molecule has 1 saturated heterocycles. The van der Waals surface area contributed by atoms with Crippen molar-refractivity contribution in [2.24, 2.45) is 5.92 Å². The Hall–Kier alpha value is -0.650. The third-order valence-corrected chi connectivity index (χ3v) is 2.85. The fourth-order valence-electron chi connectivity index (χ4n) is 2.13. The van der Waals surface area contributed by atoms with Gasteiger partial charge in [0.05, 0.1) is 19.8 Å². The number of carboxylic acids is 1. The second kappa shape index (κ2) is 7.60. The number of hydrogen-bond donors (Lipinski definition) is 2. The molecule has 1 unspecified atom stereocenters. The van der Waals surface area contributed by atoms with Crippen molar-refractivity contribution in [1.29, 1.82) is 0 Å². The van der Waals surface area contributed by atoms with E-state index in [4.69, 9.17) is 14.9 Å². The molecule has 0 spiro atoms. The van der Waals surface area contributed by atoms with Gasteiger partial charge in [-0.3, -0.25) is 4.79 Å². The molecule has 0 aromatic carbocycles. The molecule has 0 bridgehead atoms. The number of aliphatic hydroxyl groups is 1. The monoisotopic (exact) mass is 231 g/mol. The lowest BCUT2D eigenvalue weighted by Crippen LogP contribution is -2.38. The predicted molar refractivity (Wildman–Crippen MR) is 59.3 cm³/mol. The van der Waals surface area contributed by atoms with Gasteiger partial charge in [-0.25, -0.2) is 0 Å². The van der Waals surface area contributed by atoms with Crippen LogP contribution < -0.4 is 0 Å². The Bertz CT molecular complexity index is 210. The van der Waals surface area contributed by atoms with Crippen LogP contribution in [0.5, 0.6) is 0 Å². The number of rotatable bonds is 7. The summed E-state index contributed by atoms with van der Waals surface area (Å²) in [6, 6.07) is 0. The average molecular weight is 231 g/mol. The van der Waals surface area contributed by atoms with Crippen LogP contribution in [0.15, 0.2) is 0 Å². The van der Waals surface area contributed by atoms with Gasteiger partial charge in [-0.2, -0.15) is 0 Å². The molecule has 1 rings (SSSR count). The summed E-state index contributed by atoms with van der Waals surface area (Å²) in [5.74, 6) is -0.424.